The van der Waals surface area contributed by atoms with Gasteiger partial charge in [0, 0.05) is 34.9 Å². The van der Waals surface area contributed by atoms with E-state index in [-0.39, 0.29) is 27.4 Å². The molecule has 0 N–H and O–H groups in total. The van der Waals surface area contributed by atoms with Crippen molar-refractivity contribution in [1.29, 1.82) is 0 Å². The van der Waals surface area contributed by atoms with Gasteiger partial charge in [0.2, 0.25) is 0 Å². The minimum Gasteiger partial charge on any atom is -0.348 e. The molecule has 0 saturated heterocycles. The highest BCUT2D eigenvalue weighted by Crippen LogP contribution is 2.74. The van der Waals surface area contributed by atoms with Crippen molar-refractivity contribution in [3.05, 3.63) is 82.1 Å². The maximum absolute atomic E-state index is 15.4. The second kappa shape index (κ2) is 7.00. The fourth-order valence-electron chi connectivity index (χ4n) is 6.06. The lowest BCUT2D eigenvalue weighted by molar-refractivity contribution is -0.257. The average molecular weight is 560 g/mol. The van der Waals surface area contributed by atoms with E-state index < -0.39 is 56.5 Å². The summed E-state index contributed by atoms with van der Waals surface area (Å²) in [5.74, 6) is -16.0. The fourth-order valence-corrected chi connectivity index (χ4v) is 7.64. The van der Waals surface area contributed by atoms with E-state index in [4.69, 9.17) is 0 Å². The van der Waals surface area contributed by atoms with Crippen LogP contribution in [0.2, 0.25) is 0 Å². The fraction of sp³-hybridized carbons (Fsp3) is 0.346. The van der Waals surface area contributed by atoms with Gasteiger partial charge in [-0.15, -0.1) is 11.8 Å². The molecule has 2 unspecified atom stereocenters. The van der Waals surface area contributed by atoms with E-state index in [1.54, 1.807) is 0 Å². The van der Waals surface area contributed by atoms with Gasteiger partial charge in [0.15, 0.2) is 0 Å². The molecule has 0 spiro atoms. The number of hydrogen-bond acceptors (Lipinski definition) is 3. The molecule has 2 aliphatic heterocycles. The molecular weight excluding hydrogens is 543 g/mol. The van der Waals surface area contributed by atoms with Crippen molar-refractivity contribution in [2.75, 3.05) is 11.9 Å². The van der Waals surface area contributed by atoms with Gasteiger partial charge in [0.25, 0.3) is 0 Å². The van der Waals surface area contributed by atoms with Crippen LogP contribution in [-0.2, 0) is 6.18 Å². The highest BCUT2D eigenvalue weighted by Gasteiger charge is 2.84. The molecule has 0 amide bonds. The number of hydrogen-bond donors (Lipinski definition) is 0. The third kappa shape index (κ3) is 2.62. The first-order valence-corrected chi connectivity index (χ1v) is 12.2. The van der Waals surface area contributed by atoms with Crippen molar-refractivity contribution >= 4 is 28.1 Å². The van der Waals surface area contributed by atoms with E-state index in [1.807, 2.05) is 0 Å². The summed E-state index contributed by atoms with van der Waals surface area (Å²) in [5.41, 5.74) is -5.88. The minimum atomic E-state index is -5.71. The molecule has 3 heterocycles. The van der Waals surface area contributed by atoms with Crippen LogP contribution in [0.15, 0.2) is 65.4 Å². The highest BCUT2D eigenvalue weighted by atomic mass is 32.2. The molecule has 2 aromatic rings. The molecule has 0 radical (unpaired) electrons. The summed E-state index contributed by atoms with van der Waals surface area (Å²) in [5, 5.41) is 0. The summed E-state index contributed by atoms with van der Waals surface area (Å²) in [6.45, 7) is 3.01. The number of aromatic nitrogens is 1. The first-order chi connectivity index (χ1) is 17.4. The number of benzene rings is 1. The average Bonchev–Trinajstić information content (AvgIpc) is 3.34. The Balaban J connectivity index is 1.68. The monoisotopic (exact) mass is 560 g/mol. The van der Waals surface area contributed by atoms with Crippen LogP contribution in [0, 0.1) is 0 Å². The van der Waals surface area contributed by atoms with Gasteiger partial charge < -0.3 is 4.90 Å². The molecule has 12 heteroatoms. The Morgan fingerprint density at radius 1 is 0.842 bits per heavy atom. The van der Waals surface area contributed by atoms with Crippen LogP contribution in [0.3, 0.4) is 0 Å². The van der Waals surface area contributed by atoms with Gasteiger partial charge >= 0.3 is 23.9 Å². The SMILES string of the molecule is CN1c2ncccc2C2=C3C(=C4C=C(c5ccc(C(F)(F)F)cc5)SC4(C)C21C)C(F)(F)C(F)(F)C3(F)F. The molecule has 200 valence electrons. The van der Waals surface area contributed by atoms with Gasteiger partial charge in [0.1, 0.15) is 5.82 Å². The Bertz CT molecular complexity index is 1500. The predicted molar refractivity (Wildman–Crippen MR) is 125 cm³/mol. The number of halogens is 9. The Kier molecular flexibility index (Phi) is 4.67. The summed E-state index contributed by atoms with van der Waals surface area (Å²) >= 11 is 0.958. The van der Waals surface area contributed by atoms with Crippen molar-refractivity contribution < 1.29 is 39.5 Å². The van der Waals surface area contributed by atoms with Gasteiger partial charge in [-0.1, -0.05) is 12.1 Å². The number of nitrogens with zero attached hydrogens (tertiary/aromatic N) is 2. The van der Waals surface area contributed by atoms with Crippen LogP contribution in [0.25, 0.3) is 10.5 Å². The highest BCUT2D eigenvalue weighted by molar-refractivity contribution is 8.10. The predicted octanol–water partition coefficient (Wildman–Crippen LogP) is 7.84. The number of rotatable bonds is 1. The number of likely N-dealkylation sites (N-methyl/N-ethyl adjacent to an activating group) is 1. The number of pyridine rings is 1. The molecule has 0 bridgehead atoms. The molecule has 2 nitrogen and oxygen atoms in total. The van der Waals surface area contributed by atoms with Crippen molar-refractivity contribution in [2.45, 2.75) is 48.1 Å². The Labute approximate surface area is 214 Å². The molecule has 1 aromatic carbocycles. The van der Waals surface area contributed by atoms with Crippen molar-refractivity contribution in [1.82, 2.24) is 4.98 Å². The number of anilines is 1. The lowest BCUT2D eigenvalue weighted by Crippen LogP contribution is -2.59. The topological polar surface area (TPSA) is 16.1 Å². The van der Waals surface area contributed by atoms with E-state index in [9.17, 15) is 22.0 Å². The van der Waals surface area contributed by atoms with Gasteiger partial charge in [0.05, 0.1) is 15.8 Å². The van der Waals surface area contributed by atoms with Crippen LogP contribution in [-0.4, -0.2) is 40.1 Å². The van der Waals surface area contributed by atoms with Crippen molar-refractivity contribution in [3.63, 3.8) is 0 Å². The van der Waals surface area contributed by atoms with Gasteiger partial charge in [-0.2, -0.15) is 39.5 Å². The summed E-state index contributed by atoms with van der Waals surface area (Å²) < 4.78 is 129. The molecule has 2 atom stereocenters. The second-order valence-electron chi connectivity index (χ2n) is 9.99. The number of fused-ring (bicyclic) bond motifs is 6. The molecule has 38 heavy (non-hydrogen) atoms. The largest absolute Gasteiger partial charge is 0.416 e. The zero-order valence-electron chi connectivity index (χ0n) is 19.8. The maximum atomic E-state index is 15.4. The van der Waals surface area contributed by atoms with E-state index in [2.05, 4.69) is 4.98 Å². The van der Waals surface area contributed by atoms with Crippen LogP contribution in [0.4, 0.5) is 45.3 Å². The van der Waals surface area contributed by atoms with Gasteiger partial charge in [-0.25, -0.2) is 4.98 Å². The van der Waals surface area contributed by atoms with Crippen LogP contribution in [0.5, 0.6) is 0 Å². The summed E-state index contributed by atoms with van der Waals surface area (Å²) in [6, 6.07) is 6.68. The Hall–Kier alpha value is -2.89. The molecule has 1 aromatic heterocycles. The third-order valence-electron chi connectivity index (χ3n) is 8.25. The van der Waals surface area contributed by atoms with E-state index in [0.717, 1.165) is 42.1 Å². The molecule has 6 rings (SSSR count). The number of allylic oxidation sites excluding steroid dienone is 3. The van der Waals surface area contributed by atoms with Gasteiger partial charge in [-0.3, -0.25) is 0 Å². The van der Waals surface area contributed by atoms with Crippen molar-refractivity contribution in [3.8, 4) is 0 Å². The lowest BCUT2D eigenvalue weighted by Gasteiger charge is -2.51. The smallest absolute Gasteiger partial charge is 0.348 e. The quantitative estimate of drug-likeness (QED) is 0.331. The second-order valence-corrected chi connectivity index (χ2v) is 11.4. The molecular formula is C26H17F9N2S. The van der Waals surface area contributed by atoms with Gasteiger partial charge in [-0.05, 0) is 60.9 Å². The summed E-state index contributed by atoms with van der Waals surface area (Å²) in [6.07, 6.45) is -2.11. The zero-order valence-corrected chi connectivity index (χ0v) is 20.6. The van der Waals surface area contributed by atoms with E-state index >= 15 is 17.6 Å². The summed E-state index contributed by atoms with van der Waals surface area (Å²) in [7, 11) is 1.52. The minimum absolute atomic E-state index is 0.0435. The first-order valence-electron chi connectivity index (χ1n) is 11.3. The van der Waals surface area contributed by atoms with Crippen LogP contribution >= 0.6 is 11.8 Å². The normalized spacial score (nSPS) is 30.2. The van der Waals surface area contributed by atoms with Crippen LogP contribution in [0.1, 0.15) is 30.5 Å². The van der Waals surface area contributed by atoms with E-state index in [0.29, 0.717) is 0 Å². The molecule has 2 aliphatic carbocycles. The Morgan fingerprint density at radius 3 is 2.05 bits per heavy atom. The molecule has 4 aliphatic rings. The zero-order chi connectivity index (χ0) is 27.8. The van der Waals surface area contributed by atoms with Crippen molar-refractivity contribution in [2.24, 2.45) is 0 Å². The third-order valence-corrected chi connectivity index (χ3v) is 9.85. The number of thioether (sulfide) groups is 1. The molecule has 1 fully saturated rings. The number of alkyl halides is 9. The maximum Gasteiger partial charge on any atom is 0.416 e. The lowest BCUT2D eigenvalue weighted by atomic mass is 9.66. The Morgan fingerprint density at radius 2 is 1.45 bits per heavy atom. The summed E-state index contributed by atoms with van der Waals surface area (Å²) in [4.78, 5) is 5.93. The van der Waals surface area contributed by atoms with Crippen LogP contribution < -0.4 is 4.90 Å². The van der Waals surface area contributed by atoms with E-state index in [1.165, 1.54) is 44.1 Å². The standard InChI is InChI=1S/C26H17F9N2S/c1-21-17(14-5-4-10-36-20(14)37(21)3)19-18(23(27,28)26(34,35)24(19,29)30)15-11-16(38-22(15,21)2)12-6-8-13(9-7-12)25(31,32)33/h4-11H,1-3H3. The first kappa shape index (κ1) is 25.4. The molecule has 1 saturated carbocycles.